The van der Waals surface area contributed by atoms with E-state index < -0.39 is 49.8 Å². The van der Waals surface area contributed by atoms with Gasteiger partial charge in [-0.25, -0.2) is 0 Å². The van der Waals surface area contributed by atoms with Crippen LogP contribution < -0.4 is 18.0 Å². The molecule has 0 fully saturated rings. The van der Waals surface area contributed by atoms with Crippen molar-refractivity contribution in [2.24, 2.45) is 0 Å². The molecule has 1 aromatic rings. The van der Waals surface area contributed by atoms with Crippen molar-refractivity contribution in [2.75, 3.05) is 4.43 Å². The molecule has 8 heteroatoms. The predicted molar refractivity (Wildman–Crippen MR) is 44.6 cm³/mol. The van der Waals surface area contributed by atoms with Crippen LogP contribution in [0.15, 0.2) is 12.1 Å². The minimum absolute atomic E-state index is 0.0734. The summed E-state index contributed by atoms with van der Waals surface area (Å²) in [5.41, 5.74) is 0. The molecule has 0 N–H and O–H groups in total. The van der Waals surface area contributed by atoms with Crippen molar-refractivity contribution in [2.45, 2.75) is 13.3 Å². The van der Waals surface area contributed by atoms with Crippen molar-refractivity contribution in [3.8, 4) is 0 Å². The number of hydrogen-bond acceptors (Lipinski definition) is 0. The fraction of sp³-hybridized carbons (Fsp3) is 0.333. The summed E-state index contributed by atoms with van der Waals surface area (Å²) in [6.45, 7) is 1.07. The van der Waals surface area contributed by atoms with E-state index in [-0.39, 0.29) is 12.1 Å². The monoisotopic (exact) mass is 377 g/mol. The van der Waals surface area contributed by atoms with Crippen LogP contribution in [0.25, 0.3) is 0 Å². The van der Waals surface area contributed by atoms with Crippen molar-refractivity contribution < 1.29 is 42.6 Å². The Kier molecular flexibility index (Phi) is 2.98. The molecule has 0 aliphatic rings. The quantitative estimate of drug-likeness (QED) is 0.246. The average Bonchev–Trinajstić information content (AvgIpc) is 2.11. The molecular formula is C9H9F7I+. The van der Waals surface area contributed by atoms with E-state index in [1.54, 1.807) is 0 Å². The number of hydrogen-bond donors (Lipinski definition) is 0. The van der Waals surface area contributed by atoms with E-state index in [0.29, 0.717) is 0 Å². The number of halogens is 8. The molecule has 0 saturated heterocycles. The first-order valence-electron chi connectivity index (χ1n) is 4.46. The first-order valence-corrected chi connectivity index (χ1v) is 10.3. The van der Waals surface area contributed by atoms with Crippen LogP contribution in [0.4, 0.5) is 24.6 Å². The summed E-state index contributed by atoms with van der Waals surface area (Å²) in [6, 6.07) is -0.00417. The molecule has 17 heavy (non-hydrogen) atoms. The Morgan fingerprint density at radius 3 is 1.94 bits per heavy atom. The Morgan fingerprint density at radius 1 is 0.941 bits per heavy atom. The molecule has 0 atom stereocenters. The molecule has 1 rings (SSSR count). The Morgan fingerprint density at radius 2 is 1.47 bits per heavy atom. The van der Waals surface area contributed by atoms with Crippen molar-refractivity contribution in [1.29, 1.82) is 0 Å². The summed E-state index contributed by atoms with van der Waals surface area (Å²) in [4.78, 5) is 0. The molecule has 0 bridgehead atoms. The van der Waals surface area contributed by atoms with Crippen LogP contribution in [0.1, 0.15) is 13.3 Å². The Bertz CT molecular complexity index is 461. The van der Waals surface area contributed by atoms with Crippen molar-refractivity contribution in [1.82, 2.24) is 0 Å². The Hall–Kier alpha value is -0.540. The predicted octanol–water partition coefficient (Wildman–Crippen LogP) is 1.45. The molecule has 0 unspecified atom stereocenters. The third kappa shape index (κ3) is 2.66. The topological polar surface area (TPSA) is 0 Å². The van der Waals surface area contributed by atoms with Crippen molar-refractivity contribution in [3.05, 3.63) is 33.2 Å². The molecule has 0 heterocycles. The molecule has 0 saturated carbocycles. The van der Waals surface area contributed by atoms with Gasteiger partial charge >= 0.3 is 93.5 Å². The fourth-order valence-electron chi connectivity index (χ4n) is 1.31. The second-order valence-corrected chi connectivity index (χ2v) is 12.3. The molecular weight excluding hydrogens is 368 g/mol. The fourth-order valence-corrected chi connectivity index (χ4v) is 6.32. The Balaban J connectivity index is 3.60. The maximum absolute atomic E-state index is 13.4. The average molecular weight is 377 g/mol. The van der Waals surface area contributed by atoms with Crippen LogP contribution in [0.2, 0.25) is 0 Å². The van der Waals surface area contributed by atoms with Crippen molar-refractivity contribution >= 4 is 0 Å². The third-order valence-corrected chi connectivity index (χ3v) is 8.67. The van der Waals surface area contributed by atoms with Crippen LogP contribution in [-0.4, -0.2) is 4.43 Å². The van der Waals surface area contributed by atoms with Gasteiger partial charge in [-0.3, -0.25) is 0 Å². The number of rotatable bonds is 3. The summed E-state index contributed by atoms with van der Waals surface area (Å²) in [5.74, 6) is -6.60. The maximum atomic E-state index is 13.4. The molecule has 0 aliphatic carbocycles. The van der Waals surface area contributed by atoms with E-state index in [4.69, 9.17) is 0 Å². The molecule has 0 spiro atoms. The summed E-state index contributed by atoms with van der Waals surface area (Å²) in [5, 5.41) is 0. The zero-order valence-corrected chi connectivity index (χ0v) is 10.8. The molecule has 100 valence electrons. The molecule has 0 radical (unpaired) electrons. The SMILES string of the molecule is CCC[I+](F)(F)(F)(F)c1ccc(F)c(F)c1F. The zero-order chi connectivity index (χ0) is 13.5. The standard InChI is InChI=1S/C9H9F7I/c1-2-5-17(13,14,15,16)7-4-3-6(10)8(11)9(7)12/h3-4H,2,5H2,1H3/q+1. The molecule has 0 amide bonds. The van der Waals surface area contributed by atoms with Crippen molar-refractivity contribution in [3.63, 3.8) is 0 Å². The van der Waals surface area contributed by atoms with Crippen LogP contribution >= 0.6 is 0 Å². The first-order chi connectivity index (χ1) is 7.41. The molecule has 0 aliphatic heterocycles. The van der Waals surface area contributed by atoms with Crippen LogP contribution in [0.3, 0.4) is 0 Å². The summed E-state index contributed by atoms with van der Waals surface area (Å²) in [6.07, 6.45) is -0.596. The van der Waals surface area contributed by atoms with E-state index in [1.165, 1.54) is 0 Å². The van der Waals surface area contributed by atoms with E-state index >= 15 is 0 Å². The third-order valence-electron chi connectivity index (χ3n) is 2.01. The van der Waals surface area contributed by atoms with Gasteiger partial charge in [0.1, 0.15) is 0 Å². The van der Waals surface area contributed by atoms with Crippen LogP contribution in [0.5, 0.6) is 0 Å². The normalized spacial score (nSPS) is 16.5. The van der Waals surface area contributed by atoms with Crippen LogP contribution in [-0.2, 0) is 0 Å². The van der Waals surface area contributed by atoms with Gasteiger partial charge < -0.3 is 0 Å². The summed E-state index contributed by atoms with van der Waals surface area (Å²) >= 11 is -9.70. The van der Waals surface area contributed by atoms with E-state index in [0.717, 1.165) is 6.92 Å². The van der Waals surface area contributed by atoms with Gasteiger partial charge in [0.25, 0.3) is 0 Å². The van der Waals surface area contributed by atoms with Gasteiger partial charge in [0.15, 0.2) is 0 Å². The van der Waals surface area contributed by atoms with E-state index in [1.807, 2.05) is 0 Å². The van der Waals surface area contributed by atoms with Gasteiger partial charge in [0.05, 0.1) is 0 Å². The number of benzene rings is 1. The van der Waals surface area contributed by atoms with Gasteiger partial charge in [0, 0.05) is 0 Å². The van der Waals surface area contributed by atoms with Gasteiger partial charge in [0.2, 0.25) is 0 Å². The molecule has 0 aromatic heterocycles. The Labute approximate surface area is 93.7 Å². The van der Waals surface area contributed by atoms with Gasteiger partial charge in [-0.2, -0.15) is 0 Å². The second kappa shape index (κ2) is 3.48. The van der Waals surface area contributed by atoms with Crippen LogP contribution in [0, 0.1) is 21.0 Å². The van der Waals surface area contributed by atoms with Gasteiger partial charge in [-0.05, 0) is 0 Å². The van der Waals surface area contributed by atoms with E-state index in [2.05, 4.69) is 0 Å². The number of alkyl halides is 1. The summed E-state index contributed by atoms with van der Waals surface area (Å²) in [7, 11) is 0. The molecule has 0 nitrogen and oxygen atoms in total. The second-order valence-electron chi connectivity index (χ2n) is 3.49. The minimum atomic E-state index is -9.70. The molecule has 1 aromatic carbocycles. The van der Waals surface area contributed by atoms with Gasteiger partial charge in [-0.15, -0.1) is 0 Å². The zero-order valence-electron chi connectivity index (χ0n) is 8.59. The first kappa shape index (κ1) is 14.5. The van der Waals surface area contributed by atoms with E-state index in [9.17, 15) is 24.6 Å². The summed E-state index contributed by atoms with van der Waals surface area (Å²) < 4.78 is 87.9. The van der Waals surface area contributed by atoms with Gasteiger partial charge in [-0.1, -0.05) is 0 Å².